The van der Waals surface area contributed by atoms with Crippen LogP contribution in [0.5, 0.6) is 5.75 Å². The van der Waals surface area contributed by atoms with E-state index in [1.807, 2.05) is 38.1 Å². The molecule has 0 aliphatic rings. The second kappa shape index (κ2) is 8.35. The average molecular weight is 392 g/mol. The van der Waals surface area contributed by atoms with Crippen LogP contribution in [0.3, 0.4) is 0 Å². The number of hydrogen-bond acceptors (Lipinski definition) is 5. The SMILES string of the molecule is Cc1ccc(C)c(OCC(=O)NNC(=O)c2c(C)oc(-n3cccc3)c2C#N)c1. The predicted molar refractivity (Wildman–Crippen MR) is 105 cm³/mol. The number of amides is 2. The third kappa shape index (κ3) is 4.30. The Bertz CT molecular complexity index is 1090. The molecule has 3 aromatic rings. The smallest absolute Gasteiger partial charge is 0.276 e. The van der Waals surface area contributed by atoms with E-state index in [9.17, 15) is 14.9 Å². The molecule has 8 nitrogen and oxygen atoms in total. The fourth-order valence-electron chi connectivity index (χ4n) is 2.79. The monoisotopic (exact) mass is 392 g/mol. The second-order valence-corrected chi connectivity index (χ2v) is 6.48. The third-order valence-corrected chi connectivity index (χ3v) is 4.26. The first kappa shape index (κ1) is 19.8. The van der Waals surface area contributed by atoms with Gasteiger partial charge in [0.1, 0.15) is 28.7 Å². The van der Waals surface area contributed by atoms with Crippen LogP contribution in [0.25, 0.3) is 5.88 Å². The van der Waals surface area contributed by atoms with Gasteiger partial charge in [0.05, 0.1) is 0 Å². The zero-order chi connectivity index (χ0) is 21.0. The highest BCUT2D eigenvalue weighted by molar-refractivity contribution is 5.99. The molecule has 2 aromatic heterocycles. The highest BCUT2D eigenvalue weighted by atomic mass is 16.5. The van der Waals surface area contributed by atoms with Crippen LogP contribution in [-0.2, 0) is 4.79 Å². The summed E-state index contributed by atoms with van der Waals surface area (Å²) in [6.07, 6.45) is 3.40. The number of ether oxygens (including phenoxy) is 1. The van der Waals surface area contributed by atoms with E-state index in [1.54, 1.807) is 36.0 Å². The first-order chi connectivity index (χ1) is 13.9. The standard InChI is InChI=1S/C21H20N4O4/c1-13-6-7-14(2)17(10-13)28-12-18(26)23-24-20(27)19-15(3)29-21(16(19)11-22)25-8-4-5-9-25/h4-10H,12H2,1-3H3,(H,23,26)(H,24,27). The molecule has 3 rings (SSSR count). The van der Waals surface area contributed by atoms with Crippen molar-refractivity contribution < 1.29 is 18.7 Å². The van der Waals surface area contributed by atoms with Crippen molar-refractivity contribution in [3.05, 3.63) is 70.7 Å². The number of nitrogens with zero attached hydrogens (tertiary/aromatic N) is 2. The van der Waals surface area contributed by atoms with Gasteiger partial charge in [0.2, 0.25) is 5.88 Å². The molecule has 0 atom stereocenters. The van der Waals surface area contributed by atoms with Crippen molar-refractivity contribution in [1.29, 1.82) is 5.26 Å². The molecule has 0 spiro atoms. The van der Waals surface area contributed by atoms with E-state index in [0.717, 1.165) is 11.1 Å². The lowest BCUT2D eigenvalue weighted by Gasteiger charge is -2.11. The number of carbonyl (C=O) groups excluding carboxylic acids is 2. The molecule has 29 heavy (non-hydrogen) atoms. The molecular weight excluding hydrogens is 372 g/mol. The number of hydrogen-bond donors (Lipinski definition) is 2. The number of nitrogens with one attached hydrogen (secondary N) is 2. The van der Waals surface area contributed by atoms with Gasteiger partial charge in [-0.1, -0.05) is 12.1 Å². The molecule has 1 aromatic carbocycles. The lowest BCUT2D eigenvalue weighted by atomic mass is 10.1. The Morgan fingerprint density at radius 2 is 1.90 bits per heavy atom. The highest BCUT2D eigenvalue weighted by Crippen LogP contribution is 2.25. The van der Waals surface area contributed by atoms with Gasteiger partial charge < -0.3 is 9.15 Å². The molecule has 0 aliphatic carbocycles. The molecule has 148 valence electrons. The van der Waals surface area contributed by atoms with Crippen molar-refractivity contribution in [2.75, 3.05) is 6.61 Å². The molecule has 2 heterocycles. The number of furan rings is 1. The van der Waals surface area contributed by atoms with E-state index in [2.05, 4.69) is 10.9 Å². The van der Waals surface area contributed by atoms with E-state index in [1.165, 1.54) is 0 Å². The third-order valence-electron chi connectivity index (χ3n) is 4.26. The summed E-state index contributed by atoms with van der Waals surface area (Å²) in [4.78, 5) is 24.6. The molecule has 8 heteroatoms. The fourth-order valence-corrected chi connectivity index (χ4v) is 2.79. The molecule has 0 saturated carbocycles. The molecular formula is C21H20N4O4. The Morgan fingerprint density at radius 1 is 1.17 bits per heavy atom. The Morgan fingerprint density at radius 3 is 2.59 bits per heavy atom. The van der Waals surface area contributed by atoms with Gasteiger partial charge in [-0.05, 0) is 50.1 Å². The number of carbonyl (C=O) groups is 2. The van der Waals surface area contributed by atoms with Gasteiger partial charge in [0, 0.05) is 12.4 Å². The lowest BCUT2D eigenvalue weighted by molar-refractivity contribution is -0.123. The maximum absolute atomic E-state index is 12.5. The zero-order valence-electron chi connectivity index (χ0n) is 16.3. The average Bonchev–Trinajstić information content (AvgIpc) is 3.34. The Labute approximate surface area is 167 Å². The number of aromatic nitrogens is 1. The van der Waals surface area contributed by atoms with Crippen LogP contribution < -0.4 is 15.6 Å². The molecule has 2 amide bonds. The Kier molecular flexibility index (Phi) is 5.69. The van der Waals surface area contributed by atoms with Crippen LogP contribution in [0.2, 0.25) is 0 Å². The number of aryl methyl sites for hydroxylation is 3. The molecule has 0 aliphatic heterocycles. The number of benzene rings is 1. The first-order valence-corrected chi connectivity index (χ1v) is 8.86. The van der Waals surface area contributed by atoms with E-state index in [4.69, 9.17) is 9.15 Å². The van der Waals surface area contributed by atoms with Crippen LogP contribution in [-0.4, -0.2) is 23.0 Å². The van der Waals surface area contributed by atoms with E-state index >= 15 is 0 Å². The maximum atomic E-state index is 12.5. The molecule has 0 fully saturated rings. The minimum absolute atomic E-state index is 0.0620. The largest absolute Gasteiger partial charge is 0.483 e. The predicted octanol–water partition coefficient (Wildman–Crippen LogP) is 2.71. The van der Waals surface area contributed by atoms with Crippen LogP contribution in [0.1, 0.15) is 32.8 Å². The van der Waals surface area contributed by atoms with Gasteiger partial charge in [0.15, 0.2) is 6.61 Å². The summed E-state index contributed by atoms with van der Waals surface area (Å²) in [6, 6.07) is 11.2. The van der Waals surface area contributed by atoms with Crippen LogP contribution >= 0.6 is 0 Å². The van der Waals surface area contributed by atoms with Crippen molar-refractivity contribution in [3.63, 3.8) is 0 Å². The van der Waals surface area contributed by atoms with E-state index in [-0.39, 0.29) is 29.4 Å². The Balaban J connectivity index is 1.64. The first-order valence-electron chi connectivity index (χ1n) is 8.86. The number of nitriles is 1. The summed E-state index contributed by atoms with van der Waals surface area (Å²) in [5, 5.41) is 9.49. The topological polar surface area (TPSA) is 109 Å². The minimum Gasteiger partial charge on any atom is -0.483 e. The van der Waals surface area contributed by atoms with Crippen LogP contribution in [0.15, 0.2) is 47.1 Å². The fraction of sp³-hybridized carbons (Fsp3) is 0.190. The van der Waals surface area contributed by atoms with Crippen molar-refractivity contribution in [1.82, 2.24) is 15.4 Å². The number of hydrazine groups is 1. The van der Waals surface area contributed by atoms with E-state index < -0.39 is 11.8 Å². The summed E-state index contributed by atoms with van der Waals surface area (Å²) < 4.78 is 12.7. The van der Waals surface area contributed by atoms with Gasteiger partial charge >= 0.3 is 0 Å². The summed E-state index contributed by atoms with van der Waals surface area (Å²) in [5.74, 6) is -0.0838. The van der Waals surface area contributed by atoms with Crippen LogP contribution in [0.4, 0.5) is 0 Å². The molecule has 0 saturated heterocycles. The summed E-state index contributed by atoms with van der Waals surface area (Å²) in [5.41, 5.74) is 6.64. The van der Waals surface area contributed by atoms with Gasteiger partial charge in [-0.15, -0.1) is 0 Å². The van der Waals surface area contributed by atoms with Crippen molar-refractivity contribution in [2.45, 2.75) is 20.8 Å². The van der Waals surface area contributed by atoms with E-state index in [0.29, 0.717) is 5.75 Å². The summed E-state index contributed by atoms with van der Waals surface area (Å²) in [6.45, 7) is 5.11. The quantitative estimate of drug-likeness (QED) is 0.649. The normalized spacial score (nSPS) is 10.3. The Hall–Kier alpha value is -3.99. The second-order valence-electron chi connectivity index (χ2n) is 6.48. The molecule has 2 N–H and O–H groups in total. The minimum atomic E-state index is -0.652. The summed E-state index contributed by atoms with van der Waals surface area (Å²) in [7, 11) is 0. The van der Waals surface area contributed by atoms with Crippen molar-refractivity contribution in [3.8, 4) is 17.7 Å². The maximum Gasteiger partial charge on any atom is 0.276 e. The van der Waals surface area contributed by atoms with Crippen molar-refractivity contribution in [2.24, 2.45) is 0 Å². The molecule has 0 unspecified atom stereocenters. The lowest BCUT2D eigenvalue weighted by Crippen LogP contribution is -2.44. The molecule has 0 radical (unpaired) electrons. The van der Waals surface area contributed by atoms with Gasteiger partial charge in [-0.25, -0.2) is 0 Å². The zero-order valence-corrected chi connectivity index (χ0v) is 16.3. The van der Waals surface area contributed by atoms with Gasteiger partial charge in [0.25, 0.3) is 11.8 Å². The van der Waals surface area contributed by atoms with Crippen molar-refractivity contribution >= 4 is 11.8 Å². The molecule has 0 bridgehead atoms. The highest BCUT2D eigenvalue weighted by Gasteiger charge is 2.24. The number of rotatable bonds is 5. The van der Waals surface area contributed by atoms with Crippen LogP contribution in [0, 0.1) is 32.1 Å². The van der Waals surface area contributed by atoms with Gasteiger partial charge in [-0.3, -0.25) is 25.0 Å². The van der Waals surface area contributed by atoms with Gasteiger partial charge in [-0.2, -0.15) is 5.26 Å². The summed E-state index contributed by atoms with van der Waals surface area (Å²) >= 11 is 0.